The molecule has 0 spiro atoms. The molecule has 0 aliphatic rings. The van der Waals surface area contributed by atoms with Crippen molar-refractivity contribution in [3.8, 4) is 0 Å². The van der Waals surface area contributed by atoms with Crippen LogP contribution in [-0.2, 0) is 0 Å². The van der Waals surface area contributed by atoms with E-state index in [0.29, 0.717) is 0 Å². The van der Waals surface area contributed by atoms with Crippen LogP contribution in [0.3, 0.4) is 0 Å². The molecule has 68 valence electrons. The molecule has 13 heavy (non-hydrogen) atoms. The van der Waals surface area contributed by atoms with Crippen LogP contribution < -0.4 is 5.56 Å². The number of aromatic nitrogens is 1. The third-order valence-corrected chi connectivity index (χ3v) is 3.32. The van der Waals surface area contributed by atoms with E-state index in [-0.39, 0.29) is 11.6 Å². The van der Waals surface area contributed by atoms with Gasteiger partial charge in [-0.1, -0.05) is 23.7 Å². The van der Waals surface area contributed by atoms with Crippen molar-refractivity contribution in [2.75, 3.05) is 0 Å². The van der Waals surface area contributed by atoms with Crippen molar-refractivity contribution in [2.45, 2.75) is 19.9 Å². The number of nitrogens with zero attached hydrogens (tertiary/aromatic N) is 1. The smallest absolute Gasteiger partial charge is 0.268 e. The SMILES string of the molecule is CC(C)n1sc2ccccc2c1=O. The van der Waals surface area contributed by atoms with Crippen molar-refractivity contribution in [2.24, 2.45) is 0 Å². The third kappa shape index (κ3) is 1.29. The highest BCUT2D eigenvalue weighted by atomic mass is 32.1. The molecule has 0 atom stereocenters. The molecule has 0 unspecified atom stereocenters. The summed E-state index contributed by atoms with van der Waals surface area (Å²) in [6.45, 7) is 4.05. The maximum atomic E-state index is 11.7. The molecule has 1 aromatic carbocycles. The summed E-state index contributed by atoms with van der Waals surface area (Å²) in [5, 5.41) is 0.834. The summed E-state index contributed by atoms with van der Waals surface area (Å²) in [7, 11) is 0. The zero-order chi connectivity index (χ0) is 9.42. The number of fused-ring (bicyclic) bond motifs is 1. The van der Waals surface area contributed by atoms with E-state index in [2.05, 4.69) is 0 Å². The molecular formula is C10H11NOS. The van der Waals surface area contributed by atoms with E-state index in [9.17, 15) is 4.79 Å². The maximum absolute atomic E-state index is 11.7. The highest BCUT2D eigenvalue weighted by Crippen LogP contribution is 2.18. The summed E-state index contributed by atoms with van der Waals surface area (Å²) in [6, 6.07) is 7.99. The van der Waals surface area contributed by atoms with Crippen molar-refractivity contribution in [1.29, 1.82) is 0 Å². The fourth-order valence-electron chi connectivity index (χ4n) is 1.33. The Morgan fingerprint density at radius 1 is 1.31 bits per heavy atom. The minimum atomic E-state index is 0.135. The number of benzene rings is 1. The van der Waals surface area contributed by atoms with Crippen molar-refractivity contribution in [3.05, 3.63) is 34.6 Å². The van der Waals surface area contributed by atoms with E-state index < -0.39 is 0 Å². The topological polar surface area (TPSA) is 22.0 Å². The minimum absolute atomic E-state index is 0.135. The van der Waals surface area contributed by atoms with E-state index in [1.165, 1.54) is 11.5 Å². The highest BCUT2D eigenvalue weighted by Gasteiger charge is 2.08. The van der Waals surface area contributed by atoms with Gasteiger partial charge in [-0.05, 0) is 26.0 Å². The quantitative estimate of drug-likeness (QED) is 0.682. The lowest BCUT2D eigenvalue weighted by molar-refractivity contribution is 0.636. The molecule has 0 saturated carbocycles. The Labute approximate surface area is 80.6 Å². The van der Waals surface area contributed by atoms with E-state index in [1.54, 1.807) is 0 Å². The van der Waals surface area contributed by atoms with Gasteiger partial charge in [0.1, 0.15) is 0 Å². The molecule has 0 aliphatic heterocycles. The van der Waals surface area contributed by atoms with Crippen molar-refractivity contribution in [3.63, 3.8) is 0 Å². The molecule has 1 heterocycles. The normalized spacial score (nSPS) is 11.3. The predicted molar refractivity (Wildman–Crippen MR) is 56.5 cm³/mol. The second kappa shape index (κ2) is 3.00. The molecule has 0 N–H and O–H groups in total. The zero-order valence-electron chi connectivity index (χ0n) is 7.65. The van der Waals surface area contributed by atoms with E-state index in [0.717, 1.165) is 10.1 Å². The van der Waals surface area contributed by atoms with Crippen LogP contribution >= 0.6 is 11.5 Å². The van der Waals surface area contributed by atoms with Gasteiger partial charge in [-0.2, -0.15) is 0 Å². The van der Waals surface area contributed by atoms with E-state index in [4.69, 9.17) is 0 Å². The van der Waals surface area contributed by atoms with E-state index in [1.807, 2.05) is 42.1 Å². The fourth-order valence-corrected chi connectivity index (χ4v) is 2.33. The average molecular weight is 193 g/mol. The second-order valence-electron chi connectivity index (χ2n) is 3.31. The monoisotopic (exact) mass is 193 g/mol. The first-order chi connectivity index (χ1) is 6.20. The zero-order valence-corrected chi connectivity index (χ0v) is 8.47. The first-order valence-electron chi connectivity index (χ1n) is 4.30. The standard InChI is InChI=1S/C10H11NOS/c1-7(2)11-10(12)8-5-3-4-6-9(8)13-11/h3-7H,1-2H3. The van der Waals surface area contributed by atoms with Crippen molar-refractivity contribution < 1.29 is 0 Å². The van der Waals surface area contributed by atoms with Crippen LogP contribution in [0.5, 0.6) is 0 Å². The molecule has 2 rings (SSSR count). The number of hydrogen-bond donors (Lipinski definition) is 0. The molecule has 3 heteroatoms. The molecular weight excluding hydrogens is 182 g/mol. The van der Waals surface area contributed by atoms with Gasteiger partial charge in [0, 0.05) is 6.04 Å². The lowest BCUT2D eigenvalue weighted by atomic mass is 10.3. The first kappa shape index (κ1) is 8.51. The lowest BCUT2D eigenvalue weighted by Gasteiger charge is -2.01. The molecule has 0 fully saturated rings. The Kier molecular flexibility index (Phi) is 1.96. The van der Waals surface area contributed by atoms with Crippen LogP contribution in [-0.4, -0.2) is 3.96 Å². The van der Waals surface area contributed by atoms with Gasteiger partial charge in [0.25, 0.3) is 5.56 Å². The van der Waals surface area contributed by atoms with Gasteiger partial charge in [-0.3, -0.25) is 8.75 Å². The maximum Gasteiger partial charge on any atom is 0.268 e. The molecule has 0 amide bonds. The molecule has 0 radical (unpaired) electrons. The highest BCUT2D eigenvalue weighted by molar-refractivity contribution is 7.13. The fraction of sp³-hybridized carbons (Fsp3) is 0.300. The summed E-state index contributed by atoms with van der Waals surface area (Å²) in [6.07, 6.45) is 0. The molecule has 2 nitrogen and oxygen atoms in total. The van der Waals surface area contributed by atoms with E-state index >= 15 is 0 Å². The van der Waals surface area contributed by atoms with Crippen LogP contribution in [0, 0.1) is 0 Å². The van der Waals surface area contributed by atoms with Gasteiger partial charge in [0.2, 0.25) is 0 Å². The Bertz CT molecular complexity index is 481. The van der Waals surface area contributed by atoms with Gasteiger partial charge in [-0.25, -0.2) is 0 Å². The molecule has 0 aliphatic carbocycles. The summed E-state index contributed by atoms with van der Waals surface area (Å²) in [4.78, 5) is 11.7. The van der Waals surface area contributed by atoms with Gasteiger partial charge in [0.15, 0.2) is 0 Å². The molecule has 0 saturated heterocycles. The Morgan fingerprint density at radius 3 is 2.62 bits per heavy atom. The Balaban J connectivity index is 2.82. The van der Waals surface area contributed by atoms with Crippen LogP contribution in [0.1, 0.15) is 19.9 Å². The van der Waals surface area contributed by atoms with Gasteiger partial charge >= 0.3 is 0 Å². The Morgan fingerprint density at radius 2 is 2.00 bits per heavy atom. The number of rotatable bonds is 1. The summed E-state index contributed by atoms with van der Waals surface area (Å²) in [5.74, 6) is 0. The van der Waals surface area contributed by atoms with Gasteiger partial charge < -0.3 is 0 Å². The summed E-state index contributed by atoms with van der Waals surface area (Å²) >= 11 is 1.54. The van der Waals surface area contributed by atoms with Crippen LogP contribution in [0.4, 0.5) is 0 Å². The molecule has 0 bridgehead atoms. The second-order valence-corrected chi connectivity index (χ2v) is 4.33. The van der Waals surface area contributed by atoms with Gasteiger partial charge in [0.05, 0.1) is 10.1 Å². The van der Waals surface area contributed by atoms with Gasteiger partial charge in [-0.15, -0.1) is 0 Å². The van der Waals surface area contributed by atoms with Crippen LogP contribution in [0.2, 0.25) is 0 Å². The molecule has 1 aromatic heterocycles. The van der Waals surface area contributed by atoms with Crippen molar-refractivity contribution >= 4 is 21.6 Å². The Hall–Kier alpha value is -1.09. The first-order valence-corrected chi connectivity index (χ1v) is 5.08. The predicted octanol–water partition coefficient (Wildman–Crippen LogP) is 2.64. The third-order valence-electron chi connectivity index (χ3n) is 1.98. The van der Waals surface area contributed by atoms with Crippen LogP contribution in [0.25, 0.3) is 10.1 Å². The largest absolute Gasteiger partial charge is 0.268 e. The minimum Gasteiger partial charge on any atom is -0.268 e. The molecule has 2 aromatic rings. The lowest BCUT2D eigenvalue weighted by Crippen LogP contribution is -2.14. The number of hydrogen-bond acceptors (Lipinski definition) is 2. The van der Waals surface area contributed by atoms with Crippen molar-refractivity contribution in [1.82, 2.24) is 3.96 Å². The summed E-state index contributed by atoms with van der Waals surface area (Å²) < 4.78 is 2.88. The summed E-state index contributed by atoms with van der Waals surface area (Å²) in [5.41, 5.74) is 0.135. The van der Waals surface area contributed by atoms with Crippen LogP contribution in [0.15, 0.2) is 29.1 Å². The average Bonchev–Trinajstić information content (AvgIpc) is 2.45.